The standard InChI is InChI=1S/C32H33NO9/c1-18-22(40-26-16-15-25(38-5)32(2,3)42-26)14-12-21-28(34)27(31(36)41-29(18)21)33-30(35)19-11-13-23(37-4)24(17-19)39-20-9-7-6-8-10-20/h6-14,17,25-26,34H,15-16H2,1-5H3,(H,33,35)/t25-,26-/m1/s1. The van der Waals surface area contributed by atoms with E-state index in [1.165, 1.54) is 19.2 Å². The van der Waals surface area contributed by atoms with Crippen LogP contribution in [-0.2, 0) is 9.47 Å². The summed E-state index contributed by atoms with van der Waals surface area (Å²) >= 11 is 0. The maximum atomic E-state index is 13.2. The van der Waals surface area contributed by atoms with E-state index in [1.807, 2.05) is 32.0 Å². The fraction of sp³-hybridized carbons (Fsp3) is 0.312. The van der Waals surface area contributed by atoms with E-state index < -0.39 is 29.2 Å². The van der Waals surface area contributed by atoms with Crippen LogP contribution in [0.5, 0.6) is 28.7 Å². The molecule has 0 radical (unpaired) electrons. The molecule has 3 aromatic carbocycles. The van der Waals surface area contributed by atoms with Gasteiger partial charge in [0, 0.05) is 24.7 Å². The maximum Gasteiger partial charge on any atom is 0.364 e. The molecule has 0 aliphatic carbocycles. The fourth-order valence-corrected chi connectivity index (χ4v) is 5.04. The van der Waals surface area contributed by atoms with Crippen molar-refractivity contribution in [1.82, 2.24) is 0 Å². The third-order valence-electron chi connectivity index (χ3n) is 7.30. The van der Waals surface area contributed by atoms with E-state index in [9.17, 15) is 14.7 Å². The monoisotopic (exact) mass is 575 g/mol. The summed E-state index contributed by atoms with van der Waals surface area (Å²) in [4.78, 5) is 26.1. The number of para-hydroxylation sites is 1. The van der Waals surface area contributed by atoms with Crippen molar-refractivity contribution in [1.29, 1.82) is 0 Å². The van der Waals surface area contributed by atoms with Gasteiger partial charge in [-0.1, -0.05) is 18.2 Å². The Morgan fingerprint density at radius 3 is 2.43 bits per heavy atom. The minimum Gasteiger partial charge on any atom is -0.505 e. The largest absolute Gasteiger partial charge is 0.505 e. The van der Waals surface area contributed by atoms with E-state index in [4.69, 9.17) is 28.1 Å². The van der Waals surface area contributed by atoms with Crippen LogP contribution in [0.2, 0.25) is 0 Å². The lowest BCUT2D eigenvalue weighted by Gasteiger charge is -2.41. The third kappa shape index (κ3) is 5.77. The Morgan fingerprint density at radius 1 is 1.00 bits per heavy atom. The Hall–Kier alpha value is -4.54. The zero-order chi connectivity index (χ0) is 30.0. The maximum absolute atomic E-state index is 13.2. The van der Waals surface area contributed by atoms with E-state index in [2.05, 4.69) is 5.32 Å². The van der Waals surface area contributed by atoms with Gasteiger partial charge in [-0.2, -0.15) is 0 Å². The van der Waals surface area contributed by atoms with Crippen LogP contribution < -0.4 is 25.2 Å². The summed E-state index contributed by atoms with van der Waals surface area (Å²) in [5, 5.41) is 13.7. The summed E-state index contributed by atoms with van der Waals surface area (Å²) in [6.07, 6.45) is 0.790. The Labute approximate surface area is 242 Å². The molecule has 1 aliphatic rings. The highest BCUT2D eigenvalue weighted by atomic mass is 16.7. The van der Waals surface area contributed by atoms with Crippen LogP contribution in [-0.4, -0.2) is 43.2 Å². The van der Waals surface area contributed by atoms with Crippen LogP contribution in [0.25, 0.3) is 11.0 Å². The molecule has 0 bridgehead atoms. The molecule has 1 aliphatic heterocycles. The van der Waals surface area contributed by atoms with E-state index in [1.54, 1.807) is 44.4 Å². The number of aryl methyl sites for hydroxylation is 1. The first kappa shape index (κ1) is 29.0. The average Bonchev–Trinajstić information content (AvgIpc) is 2.97. The third-order valence-corrected chi connectivity index (χ3v) is 7.30. The second kappa shape index (κ2) is 11.8. The number of aromatic hydroxyl groups is 1. The van der Waals surface area contributed by atoms with Gasteiger partial charge in [0.2, 0.25) is 6.29 Å². The highest BCUT2D eigenvalue weighted by Gasteiger charge is 2.39. The number of nitrogens with one attached hydrogen (secondary N) is 1. The smallest absolute Gasteiger partial charge is 0.364 e. The minimum absolute atomic E-state index is 0.0560. The molecule has 0 saturated carbocycles. The summed E-state index contributed by atoms with van der Waals surface area (Å²) in [5.74, 6) is 0.646. The Kier molecular flexibility index (Phi) is 8.11. The molecule has 2 atom stereocenters. The minimum atomic E-state index is -0.916. The van der Waals surface area contributed by atoms with Crippen molar-refractivity contribution < 1.29 is 38.0 Å². The lowest BCUT2D eigenvalue weighted by atomic mass is 9.94. The van der Waals surface area contributed by atoms with Crippen molar-refractivity contribution in [2.24, 2.45) is 0 Å². The summed E-state index contributed by atoms with van der Waals surface area (Å²) in [6, 6.07) is 16.8. The Bertz CT molecular complexity index is 1660. The number of carbonyl (C=O) groups is 1. The first-order valence-corrected chi connectivity index (χ1v) is 13.5. The first-order valence-electron chi connectivity index (χ1n) is 13.5. The van der Waals surface area contributed by atoms with Gasteiger partial charge in [0.05, 0.1) is 24.2 Å². The molecule has 42 heavy (non-hydrogen) atoms. The van der Waals surface area contributed by atoms with E-state index in [-0.39, 0.29) is 28.3 Å². The van der Waals surface area contributed by atoms with Gasteiger partial charge in [0.25, 0.3) is 5.91 Å². The van der Waals surface area contributed by atoms with Crippen LogP contribution in [0.4, 0.5) is 5.69 Å². The lowest BCUT2D eigenvalue weighted by Crippen LogP contribution is -2.49. The molecule has 1 saturated heterocycles. The number of ether oxygens (including phenoxy) is 5. The van der Waals surface area contributed by atoms with E-state index in [0.29, 0.717) is 35.0 Å². The Balaban J connectivity index is 1.39. The number of fused-ring (bicyclic) bond motifs is 1. The molecule has 1 amide bonds. The van der Waals surface area contributed by atoms with Crippen LogP contribution in [0.1, 0.15) is 42.6 Å². The zero-order valence-electron chi connectivity index (χ0n) is 24.1. The highest BCUT2D eigenvalue weighted by Crippen LogP contribution is 2.38. The van der Waals surface area contributed by atoms with Gasteiger partial charge in [-0.15, -0.1) is 0 Å². The topological polar surface area (TPSA) is 126 Å². The lowest BCUT2D eigenvalue weighted by molar-refractivity contribution is -0.233. The van der Waals surface area contributed by atoms with Crippen LogP contribution >= 0.6 is 0 Å². The molecule has 0 spiro atoms. The summed E-state index contributed by atoms with van der Waals surface area (Å²) in [7, 11) is 3.15. The average molecular weight is 576 g/mol. The number of benzene rings is 3. The van der Waals surface area contributed by atoms with Gasteiger partial charge in [0.1, 0.15) is 17.1 Å². The highest BCUT2D eigenvalue weighted by molar-refractivity contribution is 6.06. The first-order chi connectivity index (χ1) is 20.1. The van der Waals surface area contributed by atoms with Crippen molar-refractivity contribution in [3.63, 3.8) is 0 Å². The van der Waals surface area contributed by atoms with Crippen LogP contribution in [0.15, 0.2) is 69.9 Å². The second-order valence-corrected chi connectivity index (χ2v) is 10.5. The van der Waals surface area contributed by atoms with Gasteiger partial charge in [0.15, 0.2) is 22.9 Å². The van der Waals surface area contributed by atoms with E-state index in [0.717, 1.165) is 6.42 Å². The molecular formula is C32H33NO9. The van der Waals surface area contributed by atoms with Gasteiger partial charge < -0.3 is 38.5 Å². The molecule has 4 aromatic rings. The van der Waals surface area contributed by atoms with Crippen molar-refractivity contribution in [2.45, 2.75) is 51.6 Å². The number of carbonyl (C=O) groups excluding carboxylic acids is 1. The number of hydrogen-bond donors (Lipinski definition) is 2. The second-order valence-electron chi connectivity index (χ2n) is 10.5. The normalized spacial score (nSPS) is 17.9. The zero-order valence-corrected chi connectivity index (χ0v) is 24.1. The molecule has 2 N–H and O–H groups in total. The van der Waals surface area contributed by atoms with Gasteiger partial charge >= 0.3 is 5.63 Å². The van der Waals surface area contributed by atoms with E-state index >= 15 is 0 Å². The predicted molar refractivity (Wildman–Crippen MR) is 156 cm³/mol. The van der Waals surface area contributed by atoms with Crippen molar-refractivity contribution in [3.05, 3.63) is 82.2 Å². The van der Waals surface area contributed by atoms with Crippen molar-refractivity contribution >= 4 is 22.6 Å². The molecule has 1 aromatic heterocycles. The number of anilines is 1. The van der Waals surface area contributed by atoms with Crippen molar-refractivity contribution in [3.8, 4) is 28.7 Å². The fourth-order valence-electron chi connectivity index (χ4n) is 5.04. The predicted octanol–water partition coefficient (Wildman–Crippen LogP) is 6.17. The molecular weight excluding hydrogens is 542 g/mol. The quantitative estimate of drug-likeness (QED) is 0.237. The molecule has 1 fully saturated rings. The number of amides is 1. The number of rotatable bonds is 8. The number of methoxy groups -OCH3 is 2. The molecule has 220 valence electrons. The number of hydrogen-bond acceptors (Lipinski definition) is 9. The van der Waals surface area contributed by atoms with Gasteiger partial charge in [-0.25, -0.2) is 4.79 Å². The molecule has 0 unspecified atom stereocenters. The Morgan fingerprint density at radius 2 is 1.74 bits per heavy atom. The summed E-state index contributed by atoms with van der Waals surface area (Å²) in [6.45, 7) is 5.61. The summed E-state index contributed by atoms with van der Waals surface area (Å²) in [5.41, 5.74) is -1.03. The molecule has 10 heteroatoms. The summed E-state index contributed by atoms with van der Waals surface area (Å²) < 4.78 is 34.6. The molecule has 10 nitrogen and oxygen atoms in total. The SMILES string of the molecule is COc1ccc(C(=O)Nc2c(O)c3ccc(O[C@H]4CC[C@@H](OC)C(C)(C)O4)c(C)c3oc2=O)cc1Oc1ccccc1. The molecule has 2 heterocycles. The van der Waals surface area contributed by atoms with Gasteiger partial charge in [-0.05, 0) is 69.7 Å². The van der Waals surface area contributed by atoms with Crippen molar-refractivity contribution in [2.75, 3.05) is 19.5 Å². The molecule has 5 rings (SSSR count). The van der Waals surface area contributed by atoms with Gasteiger partial charge in [-0.3, -0.25) is 4.79 Å². The van der Waals surface area contributed by atoms with Crippen LogP contribution in [0.3, 0.4) is 0 Å². The van der Waals surface area contributed by atoms with Crippen LogP contribution in [0, 0.1) is 6.92 Å².